The molecule has 0 radical (unpaired) electrons. The lowest BCUT2D eigenvalue weighted by Gasteiger charge is -2.21. The molecule has 1 aliphatic carbocycles. The van der Waals surface area contributed by atoms with E-state index >= 15 is 0 Å². The summed E-state index contributed by atoms with van der Waals surface area (Å²) in [6, 6.07) is 0.604. The maximum absolute atomic E-state index is 13.9. The van der Waals surface area contributed by atoms with Gasteiger partial charge in [0, 0.05) is 12.1 Å². The van der Waals surface area contributed by atoms with Gasteiger partial charge < -0.3 is 5.32 Å². The number of aromatic nitrogens is 7. The minimum Gasteiger partial charge on any atom is -0.360 e. The number of hydrogen-bond donors (Lipinski definition) is 1. The van der Waals surface area contributed by atoms with Crippen LogP contribution < -0.4 is 10.9 Å². The second-order valence-electron chi connectivity index (χ2n) is 9.49. The Bertz CT molecular complexity index is 1750. The first-order valence-corrected chi connectivity index (χ1v) is 14.1. The Labute approximate surface area is 226 Å². The van der Waals surface area contributed by atoms with E-state index in [1.54, 1.807) is 6.92 Å². The number of rotatable bonds is 8. The van der Waals surface area contributed by atoms with Crippen LogP contribution >= 0.6 is 0 Å². The SMILES string of the molecule is CCS(=O)(=O)c1ccc(CNc2nc3cnc(-c4c(C)ncnc4C4CC4)nc3n(C(C)C(F)(F)F)c2=O)nc1. The lowest BCUT2D eigenvalue weighted by Crippen LogP contribution is -2.35. The summed E-state index contributed by atoms with van der Waals surface area (Å²) in [7, 11) is -3.45. The van der Waals surface area contributed by atoms with Crippen molar-refractivity contribution in [2.24, 2.45) is 0 Å². The Balaban J connectivity index is 1.57. The van der Waals surface area contributed by atoms with Crippen LogP contribution in [0.2, 0.25) is 0 Å². The molecule has 1 N–H and O–H groups in total. The summed E-state index contributed by atoms with van der Waals surface area (Å²) in [5.74, 6) is -0.136. The van der Waals surface area contributed by atoms with E-state index in [2.05, 4.69) is 35.2 Å². The van der Waals surface area contributed by atoms with Crippen molar-refractivity contribution in [3.05, 3.63) is 58.3 Å². The first kappa shape index (κ1) is 27.6. The van der Waals surface area contributed by atoms with Gasteiger partial charge in [0.25, 0.3) is 5.56 Å². The molecule has 5 rings (SSSR count). The third-order valence-corrected chi connectivity index (χ3v) is 8.44. The van der Waals surface area contributed by atoms with Gasteiger partial charge in [0.15, 0.2) is 27.1 Å². The highest BCUT2D eigenvalue weighted by Gasteiger charge is 2.40. The minimum atomic E-state index is -4.76. The van der Waals surface area contributed by atoms with Crippen LogP contribution in [-0.4, -0.2) is 54.8 Å². The van der Waals surface area contributed by atoms with Gasteiger partial charge in [-0.15, -0.1) is 0 Å². The third-order valence-electron chi connectivity index (χ3n) is 6.72. The lowest BCUT2D eigenvalue weighted by molar-refractivity contribution is -0.162. The average Bonchev–Trinajstić information content (AvgIpc) is 3.77. The molecule has 4 heterocycles. The standard InChI is InChI=1S/C25H25F3N8O3S/c1-4-40(38,39)17-8-7-16(29-10-17)9-30-22-24(37)36(14(3)25(26,27)28)23-18(34-22)11-31-21(35-23)19-13(2)32-12-33-20(19)15-5-6-15/h7-8,10-12,14-15H,4-6,9H2,1-3H3,(H,30,34). The Kier molecular flexibility index (Phi) is 7.02. The van der Waals surface area contributed by atoms with Crippen LogP contribution in [-0.2, 0) is 16.4 Å². The Morgan fingerprint density at radius 1 is 1.10 bits per heavy atom. The maximum Gasteiger partial charge on any atom is 0.409 e. The average molecular weight is 575 g/mol. The Morgan fingerprint density at radius 2 is 1.85 bits per heavy atom. The summed E-state index contributed by atoms with van der Waals surface area (Å²) < 4.78 is 66.4. The van der Waals surface area contributed by atoms with Gasteiger partial charge in [0.05, 0.1) is 46.0 Å². The van der Waals surface area contributed by atoms with E-state index in [0.717, 1.165) is 25.5 Å². The highest BCUT2D eigenvalue weighted by Crippen LogP contribution is 2.43. The molecule has 1 atom stereocenters. The normalized spacial score (nSPS) is 14.8. The maximum atomic E-state index is 13.9. The molecule has 1 fully saturated rings. The van der Waals surface area contributed by atoms with E-state index < -0.39 is 27.6 Å². The summed E-state index contributed by atoms with van der Waals surface area (Å²) in [4.78, 5) is 39.0. The first-order valence-electron chi connectivity index (χ1n) is 12.5. The van der Waals surface area contributed by atoms with Crippen LogP contribution in [0.25, 0.3) is 22.6 Å². The van der Waals surface area contributed by atoms with Crippen molar-refractivity contribution in [2.75, 3.05) is 11.1 Å². The van der Waals surface area contributed by atoms with Gasteiger partial charge in [-0.25, -0.2) is 33.3 Å². The molecule has 210 valence electrons. The van der Waals surface area contributed by atoms with Crippen LogP contribution in [0, 0.1) is 6.92 Å². The van der Waals surface area contributed by atoms with Crippen molar-refractivity contribution in [1.29, 1.82) is 0 Å². The van der Waals surface area contributed by atoms with Gasteiger partial charge in [0.1, 0.15) is 17.9 Å². The molecule has 0 aliphatic heterocycles. The second-order valence-corrected chi connectivity index (χ2v) is 11.8. The van der Waals surface area contributed by atoms with Crippen molar-refractivity contribution < 1.29 is 21.6 Å². The van der Waals surface area contributed by atoms with Gasteiger partial charge in [-0.3, -0.25) is 14.3 Å². The quantitative estimate of drug-likeness (QED) is 0.330. The van der Waals surface area contributed by atoms with E-state index in [4.69, 9.17) is 0 Å². The van der Waals surface area contributed by atoms with Crippen molar-refractivity contribution in [3.63, 3.8) is 0 Å². The summed E-state index contributed by atoms with van der Waals surface area (Å²) in [5.41, 5.74) is 0.851. The highest BCUT2D eigenvalue weighted by molar-refractivity contribution is 7.91. The lowest BCUT2D eigenvalue weighted by atomic mass is 10.1. The molecule has 0 aromatic carbocycles. The van der Waals surface area contributed by atoms with Gasteiger partial charge in [-0.2, -0.15) is 13.2 Å². The Morgan fingerprint density at radius 3 is 2.48 bits per heavy atom. The molecule has 0 amide bonds. The molecular weight excluding hydrogens is 549 g/mol. The largest absolute Gasteiger partial charge is 0.409 e. The molecule has 1 aliphatic rings. The summed E-state index contributed by atoms with van der Waals surface area (Å²) in [6.45, 7) is 4.03. The van der Waals surface area contributed by atoms with Gasteiger partial charge in [-0.05, 0) is 38.8 Å². The van der Waals surface area contributed by atoms with E-state index in [-0.39, 0.29) is 45.9 Å². The number of anilines is 1. The highest BCUT2D eigenvalue weighted by atomic mass is 32.2. The predicted octanol–water partition coefficient (Wildman–Crippen LogP) is 3.75. The number of fused-ring (bicyclic) bond motifs is 1. The van der Waals surface area contributed by atoms with Gasteiger partial charge in [0.2, 0.25) is 0 Å². The molecule has 0 bridgehead atoms. The molecular formula is C25H25F3N8O3S. The first-order chi connectivity index (χ1) is 18.9. The van der Waals surface area contributed by atoms with Crippen molar-refractivity contribution >= 4 is 26.8 Å². The minimum absolute atomic E-state index is 0.0261. The molecule has 4 aromatic rings. The van der Waals surface area contributed by atoms with Gasteiger partial charge in [-0.1, -0.05) is 6.92 Å². The number of hydrogen-bond acceptors (Lipinski definition) is 10. The van der Waals surface area contributed by atoms with Crippen LogP contribution in [0.5, 0.6) is 0 Å². The third kappa shape index (κ3) is 5.24. The predicted molar refractivity (Wildman–Crippen MR) is 139 cm³/mol. The number of halogens is 3. The fraction of sp³-hybridized carbons (Fsp3) is 0.400. The Hall–Kier alpha value is -4.01. The van der Waals surface area contributed by atoms with Crippen LogP contribution in [0.1, 0.15) is 55.7 Å². The van der Waals surface area contributed by atoms with Crippen LogP contribution in [0.3, 0.4) is 0 Å². The molecule has 0 saturated heterocycles. The second kappa shape index (κ2) is 10.2. The van der Waals surface area contributed by atoms with Crippen molar-refractivity contribution in [2.45, 2.75) is 63.2 Å². The molecule has 1 saturated carbocycles. The zero-order chi connectivity index (χ0) is 28.8. The van der Waals surface area contributed by atoms with Crippen molar-refractivity contribution in [3.8, 4) is 11.4 Å². The zero-order valence-electron chi connectivity index (χ0n) is 21.8. The van der Waals surface area contributed by atoms with Crippen molar-refractivity contribution in [1.82, 2.24) is 34.5 Å². The summed E-state index contributed by atoms with van der Waals surface area (Å²) in [6.07, 6.45) is 0.986. The number of aryl methyl sites for hydroxylation is 1. The summed E-state index contributed by atoms with van der Waals surface area (Å²) in [5, 5.41) is 2.73. The number of nitrogens with one attached hydrogen (secondary N) is 1. The number of pyridine rings is 1. The molecule has 0 spiro atoms. The van der Waals surface area contributed by atoms with E-state index in [9.17, 15) is 26.4 Å². The fourth-order valence-electron chi connectivity index (χ4n) is 4.22. The summed E-state index contributed by atoms with van der Waals surface area (Å²) >= 11 is 0. The smallest absolute Gasteiger partial charge is 0.360 e. The topological polar surface area (TPSA) is 146 Å². The number of nitrogens with zero attached hydrogens (tertiary/aromatic N) is 7. The monoisotopic (exact) mass is 574 g/mol. The zero-order valence-corrected chi connectivity index (χ0v) is 22.6. The molecule has 1 unspecified atom stereocenters. The van der Waals surface area contributed by atoms with E-state index in [0.29, 0.717) is 21.5 Å². The number of alkyl halides is 3. The molecule has 15 heteroatoms. The van der Waals surface area contributed by atoms with E-state index in [1.165, 1.54) is 37.8 Å². The van der Waals surface area contributed by atoms with Gasteiger partial charge >= 0.3 is 6.18 Å². The fourth-order valence-corrected chi connectivity index (χ4v) is 5.04. The van der Waals surface area contributed by atoms with Crippen LogP contribution in [0.4, 0.5) is 19.0 Å². The molecule has 40 heavy (non-hydrogen) atoms. The molecule has 4 aromatic heterocycles. The molecule has 11 nitrogen and oxygen atoms in total. The van der Waals surface area contributed by atoms with E-state index in [1.807, 2.05) is 0 Å². The number of sulfone groups is 1. The van der Waals surface area contributed by atoms with Crippen LogP contribution in [0.15, 0.2) is 40.5 Å².